The van der Waals surface area contributed by atoms with Crippen LogP contribution in [0.3, 0.4) is 0 Å². The standard InChI is InChI=1S/C14H16BrNOS/c1-9-7-10(17-2)3-4-11(9)12(8-16)13-5-6-14(15)18-13/h3-7,12H,8,16H2,1-2H3. The second-order valence-corrected chi connectivity index (χ2v) is 6.65. The van der Waals surface area contributed by atoms with Crippen LogP contribution in [0.2, 0.25) is 0 Å². The smallest absolute Gasteiger partial charge is 0.119 e. The molecule has 1 aromatic heterocycles. The van der Waals surface area contributed by atoms with Crippen LogP contribution in [0.5, 0.6) is 5.75 Å². The highest BCUT2D eigenvalue weighted by Crippen LogP contribution is 2.34. The van der Waals surface area contributed by atoms with Crippen LogP contribution in [0.4, 0.5) is 0 Å². The molecule has 1 atom stereocenters. The third-order valence-corrected chi connectivity index (χ3v) is 4.76. The second-order valence-electron chi connectivity index (χ2n) is 4.15. The summed E-state index contributed by atoms with van der Waals surface area (Å²) in [5, 5.41) is 0. The molecule has 2 N–H and O–H groups in total. The van der Waals surface area contributed by atoms with Crippen LogP contribution in [0.15, 0.2) is 34.1 Å². The van der Waals surface area contributed by atoms with E-state index in [4.69, 9.17) is 10.5 Å². The fourth-order valence-corrected chi connectivity index (χ4v) is 3.63. The van der Waals surface area contributed by atoms with Crippen molar-refractivity contribution < 1.29 is 4.74 Å². The maximum atomic E-state index is 5.95. The normalized spacial score (nSPS) is 12.4. The molecule has 1 unspecified atom stereocenters. The summed E-state index contributed by atoms with van der Waals surface area (Å²) in [6.07, 6.45) is 0. The van der Waals surface area contributed by atoms with Crippen molar-refractivity contribution >= 4 is 27.3 Å². The van der Waals surface area contributed by atoms with Gasteiger partial charge in [-0.05, 0) is 58.2 Å². The molecule has 2 rings (SSSR count). The van der Waals surface area contributed by atoms with E-state index in [1.165, 1.54) is 16.0 Å². The lowest BCUT2D eigenvalue weighted by Gasteiger charge is -2.17. The third-order valence-electron chi connectivity index (χ3n) is 3.03. The van der Waals surface area contributed by atoms with E-state index in [2.05, 4.69) is 47.1 Å². The average Bonchev–Trinajstić information content (AvgIpc) is 2.78. The summed E-state index contributed by atoms with van der Waals surface area (Å²) in [5.41, 5.74) is 8.43. The van der Waals surface area contributed by atoms with Crippen LogP contribution in [0.25, 0.3) is 0 Å². The van der Waals surface area contributed by atoms with Crippen LogP contribution in [0.1, 0.15) is 21.9 Å². The van der Waals surface area contributed by atoms with Gasteiger partial charge in [0.25, 0.3) is 0 Å². The molecule has 0 bridgehead atoms. The first-order valence-corrected chi connectivity index (χ1v) is 7.36. The van der Waals surface area contributed by atoms with Gasteiger partial charge in [0, 0.05) is 17.3 Å². The zero-order valence-electron chi connectivity index (χ0n) is 10.4. The molecule has 0 aliphatic heterocycles. The van der Waals surface area contributed by atoms with Crippen LogP contribution < -0.4 is 10.5 Å². The summed E-state index contributed by atoms with van der Waals surface area (Å²) in [5.74, 6) is 1.14. The Bertz CT molecular complexity index is 538. The molecule has 0 amide bonds. The van der Waals surface area contributed by atoms with Gasteiger partial charge < -0.3 is 10.5 Å². The zero-order chi connectivity index (χ0) is 13.1. The molecular formula is C14H16BrNOS. The van der Waals surface area contributed by atoms with Gasteiger partial charge >= 0.3 is 0 Å². The molecule has 0 spiro atoms. The maximum absolute atomic E-state index is 5.95. The van der Waals surface area contributed by atoms with E-state index in [9.17, 15) is 0 Å². The summed E-state index contributed by atoms with van der Waals surface area (Å²) >= 11 is 5.24. The quantitative estimate of drug-likeness (QED) is 0.924. The molecule has 1 heterocycles. The minimum absolute atomic E-state index is 0.257. The van der Waals surface area contributed by atoms with Crippen LogP contribution in [-0.4, -0.2) is 13.7 Å². The van der Waals surface area contributed by atoms with Gasteiger partial charge in [-0.2, -0.15) is 0 Å². The highest BCUT2D eigenvalue weighted by Gasteiger charge is 2.16. The van der Waals surface area contributed by atoms with Gasteiger partial charge in [-0.15, -0.1) is 11.3 Å². The van der Waals surface area contributed by atoms with Gasteiger partial charge in [0.1, 0.15) is 5.75 Å². The zero-order valence-corrected chi connectivity index (χ0v) is 12.8. The Morgan fingerprint density at radius 3 is 2.61 bits per heavy atom. The van der Waals surface area contributed by atoms with Crippen molar-refractivity contribution in [1.29, 1.82) is 0 Å². The monoisotopic (exact) mass is 325 g/mol. The molecule has 0 aliphatic rings. The fraction of sp³-hybridized carbons (Fsp3) is 0.286. The number of hydrogen-bond donors (Lipinski definition) is 1. The molecule has 4 heteroatoms. The Morgan fingerprint density at radius 1 is 1.33 bits per heavy atom. The summed E-state index contributed by atoms with van der Waals surface area (Å²) < 4.78 is 6.38. The first kappa shape index (κ1) is 13.6. The van der Waals surface area contributed by atoms with Crippen LogP contribution in [0, 0.1) is 6.92 Å². The number of hydrogen-bond acceptors (Lipinski definition) is 3. The highest BCUT2D eigenvalue weighted by atomic mass is 79.9. The number of aryl methyl sites for hydroxylation is 1. The Kier molecular flexibility index (Phi) is 4.43. The lowest BCUT2D eigenvalue weighted by Crippen LogP contribution is -2.13. The van der Waals surface area contributed by atoms with Crippen molar-refractivity contribution in [3.63, 3.8) is 0 Å². The fourth-order valence-electron chi connectivity index (χ4n) is 2.08. The lowest BCUT2D eigenvalue weighted by atomic mass is 9.93. The number of thiophene rings is 1. The first-order chi connectivity index (χ1) is 8.65. The summed E-state index contributed by atoms with van der Waals surface area (Å²) in [6.45, 7) is 2.71. The Labute approximate surface area is 120 Å². The van der Waals surface area contributed by atoms with Crippen molar-refractivity contribution in [3.8, 4) is 5.75 Å². The lowest BCUT2D eigenvalue weighted by molar-refractivity contribution is 0.414. The van der Waals surface area contributed by atoms with Crippen LogP contribution >= 0.6 is 27.3 Å². The number of nitrogens with two attached hydrogens (primary N) is 1. The van der Waals surface area contributed by atoms with Crippen LogP contribution in [-0.2, 0) is 0 Å². The third kappa shape index (κ3) is 2.76. The topological polar surface area (TPSA) is 35.2 Å². The number of halogens is 1. The molecule has 0 radical (unpaired) electrons. The predicted molar refractivity (Wildman–Crippen MR) is 80.6 cm³/mol. The predicted octanol–water partition coefficient (Wildman–Crippen LogP) is 3.92. The molecule has 18 heavy (non-hydrogen) atoms. The van der Waals surface area contributed by atoms with Crippen molar-refractivity contribution in [2.24, 2.45) is 5.73 Å². The molecule has 0 aliphatic carbocycles. The Morgan fingerprint density at radius 2 is 2.11 bits per heavy atom. The van der Waals surface area contributed by atoms with E-state index < -0.39 is 0 Å². The Balaban J connectivity index is 2.39. The Hall–Kier alpha value is -0.840. The molecule has 1 aromatic carbocycles. The number of methoxy groups -OCH3 is 1. The first-order valence-electron chi connectivity index (χ1n) is 5.75. The van der Waals surface area contributed by atoms with E-state index >= 15 is 0 Å². The van der Waals surface area contributed by atoms with Gasteiger partial charge in [-0.25, -0.2) is 0 Å². The summed E-state index contributed by atoms with van der Waals surface area (Å²) in [6, 6.07) is 10.4. The minimum Gasteiger partial charge on any atom is -0.497 e. The minimum atomic E-state index is 0.257. The average molecular weight is 326 g/mol. The van der Waals surface area contributed by atoms with Crippen molar-refractivity contribution in [2.45, 2.75) is 12.8 Å². The van der Waals surface area contributed by atoms with Crippen molar-refractivity contribution in [3.05, 3.63) is 50.1 Å². The van der Waals surface area contributed by atoms with Crippen molar-refractivity contribution in [1.82, 2.24) is 0 Å². The van der Waals surface area contributed by atoms with Gasteiger partial charge in [0.05, 0.1) is 10.9 Å². The van der Waals surface area contributed by atoms with E-state index in [1.807, 2.05) is 6.07 Å². The maximum Gasteiger partial charge on any atom is 0.119 e. The van der Waals surface area contributed by atoms with Gasteiger partial charge in [0.2, 0.25) is 0 Å². The molecule has 96 valence electrons. The highest BCUT2D eigenvalue weighted by molar-refractivity contribution is 9.11. The van der Waals surface area contributed by atoms with Gasteiger partial charge in [-0.3, -0.25) is 0 Å². The largest absolute Gasteiger partial charge is 0.497 e. The summed E-state index contributed by atoms with van der Waals surface area (Å²) in [4.78, 5) is 1.29. The molecule has 0 saturated heterocycles. The van der Waals surface area contributed by atoms with Gasteiger partial charge in [-0.1, -0.05) is 6.07 Å². The molecule has 0 saturated carbocycles. The number of ether oxygens (including phenoxy) is 1. The van der Waals surface area contributed by atoms with Gasteiger partial charge in [0.15, 0.2) is 0 Å². The SMILES string of the molecule is COc1ccc(C(CN)c2ccc(Br)s2)c(C)c1. The second kappa shape index (κ2) is 5.87. The summed E-state index contributed by atoms with van der Waals surface area (Å²) in [7, 11) is 1.69. The van der Waals surface area contributed by atoms with E-state index in [0.29, 0.717) is 6.54 Å². The van der Waals surface area contributed by atoms with E-state index in [0.717, 1.165) is 9.54 Å². The van der Waals surface area contributed by atoms with E-state index in [-0.39, 0.29) is 5.92 Å². The van der Waals surface area contributed by atoms with Crippen molar-refractivity contribution in [2.75, 3.05) is 13.7 Å². The molecular weight excluding hydrogens is 310 g/mol. The van der Waals surface area contributed by atoms with E-state index in [1.54, 1.807) is 18.4 Å². The molecule has 0 fully saturated rings. The number of rotatable bonds is 4. The molecule has 2 aromatic rings. The number of benzene rings is 1. The molecule has 2 nitrogen and oxygen atoms in total.